The zero-order chi connectivity index (χ0) is 12.0. The van der Waals surface area contributed by atoms with Crippen molar-refractivity contribution >= 4 is 5.82 Å². The first-order valence-corrected chi connectivity index (χ1v) is 6.14. The van der Waals surface area contributed by atoms with E-state index in [1.807, 2.05) is 4.90 Å². The van der Waals surface area contributed by atoms with Crippen molar-refractivity contribution in [3.63, 3.8) is 0 Å². The van der Waals surface area contributed by atoms with Crippen LogP contribution in [0.25, 0.3) is 0 Å². The van der Waals surface area contributed by atoms with E-state index in [2.05, 4.69) is 9.97 Å². The van der Waals surface area contributed by atoms with Crippen molar-refractivity contribution in [3.05, 3.63) is 17.8 Å². The number of rotatable bonds is 1. The van der Waals surface area contributed by atoms with Gasteiger partial charge in [-0.05, 0) is 31.6 Å². The summed E-state index contributed by atoms with van der Waals surface area (Å²) in [4.78, 5) is 9.99. The number of aryl methyl sites for hydroxylation is 1. The van der Waals surface area contributed by atoms with Crippen LogP contribution < -0.4 is 10.6 Å². The number of fused-ring (bicyclic) bond motifs is 2. The Labute approximate surface area is 100 Å². The fraction of sp³-hybridized carbons (Fsp3) is 0.667. The van der Waals surface area contributed by atoms with Crippen LogP contribution in [0.3, 0.4) is 0 Å². The van der Waals surface area contributed by atoms with Crippen molar-refractivity contribution in [1.82, 2.24) is 9.97 Å². The molecule has 1 saturated carbocycles. The lowest BCUT2D eigenvalue weighted by molar-refractivity contribution is 0.352. The van der Waals surface area contributed by atoms with Crippen LogP contribution in [0.15, 0.2) is 6.33 Å². The Morgan fingerprint density at radius 2 is 1.94 bits per heavy atom. The van der Waals surface area contributed by atoms with Crippen LogP contribution in [-0.2, 0) is 0 Å². The first-order chi connectivity index (χ1) is 8.16. The number of piperidine rings is 1. The third kappa shape index (κ3) is 1.69. The third-order valence-electron chi connectivity index (χ3n) is 4.15. The molecule has 1 aromatic heterocycles. The highest BCUT2D eigenvalue weighted by Gasteiger charge is 2.40. The predicted octanol–water partition coefficient (Wildman–Crippen LogP) is 1.10. The second-order valence-electron chi connectivity index (χ2n) is 5.18. The SMILES string of the molecule is Cc1ncnc(N2C[C@H]3CC[C@@H](C2)C3N)c1F. The van der Waals surface area contributed by atoms with E-state index >= 15 is 0 Å². The molecular formula is C12H17FN4. The highest BCUT2D eigenvalue weighted by atomic mass is 19.1. The zero-order valence-corrected chi connectivity index (χ0v) is 9.93. The minimum absolute atomic E-state index is 0.289. The maximum Gasteiger partial charge on any atom is 0.186 e. The van der Waals surface area contributed by atoms with Gasteiger partial charge in [0.25, 0.3) is 0 Å². The molecule has 3 rings (SSSR count). The summed E-state index contributed by atoms with van der Waals surface area (Å²) in [7, 11) is 0. The number of halogens is 1. The number of hydrogen-bond donors (Lipinski definition) is 1. The molecule has 17 heavy (non-hydrogen) atoms. The van der Waals surface area contributed by atoms with Crippen molar-refractivity contribution in [3.8, 4) is 0 Å². The summed E-state index contributed by atoms with van der Waals surface area (Å²) >= 11 is 0. The molecule has 1 saturated heterocycles. The van der Waals surface area contributed by atoms with Gasteiger partial charge >= 0.3 is 0 Å². The molecule has 0 amide bonds. The Morgan fingerprint density at radius 3 is 2.59 bits per heavy atom. The predicted molar refractivity (Wildman–Crippen MR) is 63.1 cm³/mol. The van der Waals surface area contributed by atoms with Crippen LogP contribution in [0.5, 0.6) is 0 Å². The standard InChI is InChI=1S/C12H17FN4/c1-7-10(13)12(16-6-15-7)17-4-8-2-3-9(5-17)11(8)14/h6,8-9,11H,2-5,14H2,1H3/t8-,9+,11?. The monoisotopic (exact) mass is 236 g/mol. The highest BCUT2D eigenvalue weighted by Crippen LogP contribution is 2.37. The molecule has 92 valence electrons. The molecule has 2 N–H and O–H groups in total. The largest absolute Gasteiger partial charge is 0.353 e. The molecule has 2 aliphatic rings. The maximum absolute atomic E-state index is 14.0. The van der Waals surface area contributed by atoms with E-state index in [1.165, 1.54) is 6.33 Å². The second kappa shape index (κ2) is 3.91. The van der Waals surface area contributed by atoms with Gasteiger partial charge in [-0.2, -0.15) is 0 Å². The van der Waals surface area contributed by atoms with Gasteiger partial charge in [0, 0.05) is 19.1 Å². The van der Waals surface area contributed by atoms with E-state index in [0.717, 1.165) is 25.9 Å². The van der Waals surface area contributed by atoms with Crippen LogP contribution in [0.4, 0.5) is 10.2 Å². The smallest absolute Gasteiger partial charge is 0.186 e. The lowest BCUT2D eigenvalue weighted by Gasteiger charge is -2.36. The fourth-order valence-electron chi connectivity index (χ4n) is 3.10. The summed E-state index contributed by atoms with van der Waals surface area (Å²) in [5.41, 5.74) is 6.55. The summed E-state index contributed by atoms with van der Waals surface area (Å²) < 4.78 is 14.0. The molecule has 4 nitrogen and oxygen atoms in total. The van der Waals surface area contributed by atoms with Crippen LogP contribution in [0, 0.1) is 24.6 Å². The van der Waals surface area contributed by atoms with E-state index < -0.39 is 0 Å². The number of hydrogen-bond acceptors (Lipinski definition) is 4. The first kappa shape index (κ1) is 10.9. The molecule has 0 spiro atoms. The molecule has 1 aliphatic carbocycles. The Morgan fingerprint density at radius 1 is 1.29 bits per heavy atom. The molecule has 2 heterocycles. The Hall–Kier alpha value is -1.23. The van der Waals surface area contributed by atoms with E-state index in [9.17, 15) is 4.39 Å². The number of aromatic nitrogens is 2. The van der Waals surface area contributed by atoms with Gasteiger partial charge < -0.3 is 10.6 Å². The van der Waals surface area contributed by atoms with E-state index in [0.29, 0.717) is 23.3 Å². The number of nitrogens with two attached hydrogens (primary N) is 1. The average Bonchev–Trinajstić information content (AvgIpc) is 2.54. The van der Waals surface area contributed by atoms with Gasteiger partial charge in [0.1, 0.15) is 6.33 Å². The summed E-state index contributed by atoms with van der Waals surface area (Å²) in [6.45, 7) is 3.32. The molecule has 3 atom stereocenters. The summed E-state index contributed by atoms with van der Waals surface area (Å²) in [5.74, 6) is 1.13. The normalized spacial score (nSPS) is 31.9. The maximum atomic E-state index is 14.0. The van der Waals surface area contributed by atoms with E-state index in [-0.39, 0.29) is 11.9 Å². The van der Waals surface area contributed by atoms with Crippen molar-refractivity contribution in [2.75, 3.05) is 18.0 Å². The highest BCUT2D eigenvalue weighted by molar-refractivity contribution is 5.42. The summed E-state index contributed by atoms with van der Waals surface area (Å²) in [6, 6.07) is 0.289. The first-order valence-electron chi connectivity index (χ1n) is 6.14. The van der Waals surface area contributed by atoms with Crippen molar-refractivity contribution < 1.29 is 4.39 Å². The third-order valence-corrected chi connectivity index (χ3v) is 4.15. The molecule has 1 aliphatic heterocycles. The Kier molecular flexibility index (Phi) is 2.50. The molecule has 0 aromatic carbocycles. The Bertz CT molecular complexity index is 423. The lowest BCUT2D eigenvalue weighted by atomic mass is 9.93. The van der Waals surface area contributed by atoms with Gasteiger partial charge in [-0.25, -0.2) is 14.4 Å². The van der Waals surface area contributed by atoms with Gasteiger partial charge in [-0.3, -0.25) is 0 Å². The molecule has 2 bridgehead atoms. The van der Waals surface area contributed by atoms with Gasteiger partial charge in [0.15, 0.2) is 11.6 Å². The quantitative estimate of drug-likeness (QED) is 0.793. The minimum atomic E-state index is -0.289. The van der Waals surface area contributed by atoms with Gasteiger partial charge in [0.2, 0.25) is 0 Å². The average molecular weight is 236 g/mol. The van der Waals surface area contributed by atoms with Crippen molar-refractivity contribution in [2.24, 2.45) is 17.6 Å². The summed E-state index contributed by atoms with van der Waals surface area (Å²) in [5, 5.41) is 0. The lowest BCUT2D eigenvalue weighted by Crippen LogP contribution is -2.49. The molecule has 2 fully saturated rings. The fourth-order valence-corrected chi connectivity index (χ4v) is 3.10. The molecule has 5 heteroatoms. The molecule has 1 aromatic rings. The van der Waals surface area contributed by atoms with Crippen molar-refractivity contribution in [2.45, 2.75) is 25.8 Å². The van der Waals surface area contributed by atoms with Crippen LogP contribution in [-0.4, -0.2) is 29.1 Å². The van der Waals surface area contributed by atoms with E-state index in [1.54, 1.807) is 6.92 Å². The number of anilines is 1. The molecule has 0 radical (unpaired) electrons. The molecule has 1 unspecified atom stereocenters. The van der Waals surface area contributed by atoms with Gasteiger partial charge in [-0.15, -0.1) is 0 Å². The Balaban J connectivity index is 1.89. The van der Waals surface area contributed by atoms with E-state index in [4.69, 9.17) is 5.73 Å². The zero-order valence-electron chi connectivity index (χ0n) is 9.93. The second-order valence-corrected chi connectivity index (χ2v) is 5.18. The van der Waals surface area contributed by atoms with Crippen molar-refractivity contribution in [1.29, 1.82) is 0 Å². The molecular weight excluding hydrogens is 219 g/mol. The van der Waals surface area contributed by atoms with Gasteiger partial charge in [0.05, 0.1) is 5.69 Å². The summed E-state index contributed by atoms with van der Waals surface area (Å²) in [6.07, 6.45) is 3.76. The number of nitrogens with zero attached hydrogens (tertiary/aromatic N) is 3. The topological polar surface area (TPSA) is 55.0 Å². The van der Waals surface area contributed by atoms with Crippen LogP contribution in [0.2, 0.25) is 0 Å². The van der Waals surface area contributed by atoms with Gasteiger partial charge in [-0.1, -0.05) is 0 Å². The minimum Gasteiger partial charge on any atom is -0.353 e. The van der Waals surface area contributed by atoms with Crippen LogP contribution >= 0.6 is 0 Å². The van der Waals surface area contributed by atoms with Crippen LogP contribution in [0.1, 0.15) is 18.5 Å².